The first-order valence-corrected chi connectivity index (χ1v) is 9.73. The Balaban J connectivity index is 1.57. The summed E-state index contributed by atoms with van der Waals surface area (Å²) in [5.74, 6) is 0.254. The van der Waals surface area contributed by atoms with Crippen LogP contribution < -0.4 is 15.4 Å². The van der Waals surface area contributed by atoms with Gasteiger partial charge in [0.2, 0.25) is 0 Å². The van der Waals surface area contributed by atoms with Gasteiger partial charge in [0.25, 0.3) is 5.91 Å². The Morgan fingerprint density at radius 3 is 2.55 bits per heavy atom. The summed E-state index contributed by atoms with van der Waals surface area (Å²) in [7, 11) is 1.56. The summed E-state index contributed by atoms with van der Waals surface area (Å²) in [4.78, 5) is 12.8. The molecule has 0 bridgehead atoms. The van der Waals surface area contributed by atoms with E-state index in [1.807, 2.05) is 0 Å². The number of hydrogen-bond donors (Lipinski definition) is 2. The second-order valence-electron chi connectivity index (χ2n) is 7.28. The average Bonchev–Trinajstić information content (AvgIpc) is 3.21. The highest BCUT2D eigenvalue weighted by Crippen LogP contribution is 2.44. The second kappa shape index (κ2) is 8.33. The molecule has 2 aromatic carbocycles. The quantitative estimate of drug-likeness (QED) is 0.626. The van der Waals surface area contributed by atoms with Gasteiger partial charge in [-0.2, -0.15) is 18.3 Å². The number of carbonyl (C=O) groups is 1. The molecule has 0 spiro atoms. The number of nitrogens with zero attached hydrogens (tertiary/aromatic N) is 2. The molecule has 1 aromatic heterocycles. The van der Waals surface area contributed by atoms with Crippen LogP contribution >= 0.6 is 0 Å². The van der Waals surface area contributed by atoms with Gasteiger partial charge in [0.15, 0.2) is 6.04 Å². The van der Waals surface area contributed by atoms with Gasteiger partial charge in [-0.05, 0) is 23.3 Å². The Labute approximate surface area is 177 Å². The van der Waals surface area contributed by atoms with Crippen LogP contribution in [0.3, 0.4) is 0 Å². The van der Waals surface area contributed by atoms with Crippen molar-refractivity contribution in [2.75, 3.05) is 12.4 Å². The van der Waals surface area contributed by atoms with Crippen molar-refractivity contribution in [2.24, 2.45) is 0 Å². The summed E-state index contributed by atoms with van der Waals surface area (Å²) in [6.07, 6.45) is -3.53. The smallest absolute Gasteiger partial charge is 0.410 e. The monoisotopic (exact) mass is 430 g/mol. The average molecular weight is 430 g/mol. The van der Waals surface area contributed by atoms with E-state index in [4.69, 9.17) is 4.74 Å². The minimum absolute atomic E-state index is 0.0645. The molecule has 0 saturated carbocycles. The maximum Gasteiger partial charge on any atom is 0.410 e. The van der Waals surface area contributed by atoms with E-state index >= 15 is 0 Å². The van der Waals surface area contributed by atoms with Gasteiger partial charge in [0.05, 0.1) is 19.3 Å². The highest BCUT2D eigenvalue weighted by atomic mass is 19.4. The summed E-state index contributed by atoms with van der Waals surface area (Å²) in [5, 5.41) is 9.71. The number of benzene rings is 2. The van der Waals surface area contributed by atoms with Crippen molar-refractivity contribution in [3.05, 3.63) is 77.5 Å². The number of carbonyl (C=O) groups excluding carboxylic acids is 1. The Morgan fingerprint density at radius 2 is 1.90 bits per heavy atom. The first-order valence-electron chi connectivity index (χ1n) is 9.73. The fraction of sp³-hybridized carbons (Fsp3) is 0.273. The van der Waals surface area contributed by atoms with Crippen molar-refractivity contribution in [1.82, 2.24) is 15.1 Å². The van der Waals surface area contributed by atoms with Crippen molar-refractivity contribution in [2.45, 2.75) is 31.2 Å². The third-order valence-corrected chi connectivity index (χ3v) is 5.30. The first-order chi connectivity index (χ1) is 14.9. The van der Waals surface area contributed by atoms with Gasteiger partial charge in [-0.25, -0.2) is 4.68 Å². The SMILES string of the molecule is COc1ccc(CNC(=O)c2cnn3c2N[C@@H](c2ccccc2)C[C@@H]3C(F)(F)F)cc1. The van der Waals surface area contributed by atoms with Crippen LogP contribution in [0.2, 0.25) is 0 Å². The fourth-order valence-corrected chi connectivity index (χ4v) is 3.65. The van der Waals surface area contributed by atoms with Gasteiger partial charge < -0.3 is 15.4 Å². The van der Waals surface area contributed by atoms with Crippen LogP contribution in [0.4, 0.5) is 19.0 Å². The minimum Gasteiger partial charge on any atom is -0.497 e. The molecule has 3 aromatic rings. The number of alkyl halides is 3. The second-order valence-corrected chi connectivity index (χ2v) is 7.28. The van der Waals surface area contributed by atoms with Crippen molar-refractivity contribution >= 4 is 11.7 Å². The predicted molar refractivity (Wildman–Crippen MR) is 109 cm³/mol. The van der Waals surface area contributed by atoms with E-state index < -0.39 is 24.2 Å². The number of methoxy groups -OCH3 is 1. The molecule has 0 fully saturated rings. The molecule has 31 heavy (non-hydrogen) atoms. The summed E-state index contributed by atoms with van der Waals surface area (Å²) >= 11 is 0. The summed E-state index contributed by atoms with van der Waals surface area (Å²) in [6, 6.07) is 13.6. The molecule has 0 aliphatic carbocycles. The van der Waals surface area contributed by atoms with Gasteiger partial charge in [-0.3, -0.25) is 4.79 Å². The van der Waals surface area contributed by atoms with Crippen LogP contribution in [0.5, 0.6) is 5.75 Å². The number of aromatic nitrogens is 2. The van der Waals surface area contributed by atoms with Crippen molar-refractivity contribution < 1.29 is 22.7 Å². The maximum absolute atomic E-state index is 13.8. The summed E-state index contributed by atoms with van der Waals surface area (Å²) in [6.45, 7) is 0.220. The van der Waals surface area contributed by atoms with E-state index in [1.54, 1.807) is 61.7 Å². The molecule has 1 aliphatic heterocycles. The molecular weight excluding hydrogens is 409 g/mol. The zero-order valence-electron chi connectivity index (χ0n) is 16.7. The number of anilines is 1. The maximum atomic E-state index is 13.8. The van der Waals surface area contributed by atoms with Gasteiger partial charge in [0.1, 0.15) is 17.1 Å². The lowest BCUT2D eigenvalue weighted by Crippen LogP contribution is -2.36. The Morgan fingerprint density at radius 1 is 1.19 bits per heavy atom. The summed E-state index contributed by atoms with van der Waals surface area (Å²) < 4.78 is 47.2. The molecule has 6 nitrogen and oxygen atoms in total. The van der Waals surface area contributed by atoms with E-state index in [9.17, 15) is 18.0 Å². The number of rotatable bonds is 5. The Kier molecular flexibility index (Phi) is 5.58. The third kappa shape index (κ3) is 4.35. The van der Waals surface area contributed by atoms with Crippen LogP contribution in [0.15, 0.2) is 60.8 Å². The molecule has 1 aliphatic rings. The van der Waals surface area contributed by atoms with Crippen LogP contribution in [0.25, 0.3) is 0 Å². The van der Waals surface area contributed by atoms with Crippen molar-refractivity contribution in [1.29, 1.82) is 0 Å². The zero-order chi connectivity index (χ0) is 22.0. The van der Waals surface area contributed by atoms with Crippen LogP contribution in [0, 0.1) is 0 Å². The lowest BCUT2D eigenvalue weighted by molar-refractivity contribution is -0.173. The first kappa shape index (κ1) is 20.8. The topological polar surface area (TPSA) is 68.2 Å². The van der Waals surface area contributed by atoms with Gasteiger partial charge in [-0.15, -0.1) is 0 Å². The normalized spacial score (nSPS) is 18.1. The number of nitrogens with one attached hydrogen (secondary N) is 2. The molecule has 0 saturated heterocycles. The fourth-order valence-electron chi connectivity index (χ4n) is 3.65. The van der Waals surface area contributed by atoms with E-state index in [0.29, 0.717) is 11.3 Å². The number of halogens is 3. The largest absolute Gasteiger partial charge is 0.497 e. The highest BCUT2D eigenvalue weighted by molar-refractivity contribution is 5.98. The van der Waals surface area contributed by atoms with E-state index in [1.165, 1.54) is 6.20 Å². The van der Waals surface area contributed by atoms with Crippen LogP contribution in [-0.4, -0.2) is 29.0 Å². The molecule has 0 unspecified atom stereocenters. The molecular formula is C22H21F3N4O2. The van der Waals surface area contributed by atoms with Crippen molar-refractivity contribution in [3.8, 4) is 5.75 Å². The van der Waals surface area contributed by atoms with Crippen LogP contribution in [-0.2, 0) is 6.54 Å². The predicted octanol–water partition coefficient (Wildman–Crippen LogP) is 4.48. The standard InChI is InChI=1S/C22H21F3N4O2/c1-31-16-9-7-14(8-10-16)12-26-21(30)17-13-27-29-19(22(23,24)25)11-18(28-20(17)29)15-5-3-2-4-6-15/h2-10,13,18-19,28H,11-12H2,1H3,(H,26,30)/t18-,19-/m1/s1. The highest BCUT2D eigenvalue weighted by Gasteiger charge is 2.47. The van der Waals surface area contributed by atoms with Crippen LogP contribution in [0.1, 0.15) is 40.0 Å². The van der Waals surface area contributed by atoms with Gasteiger partial charge in [-0.1, -0.05) is 42.5 Å². The van der Waals surface area contributed by atoms with Gasteiger partial charge in [0, 0.05) is 13.0 Å². The lowest BCUT2D eigenvalue weighted by atomic mass is 9.96. The molecule has 2 atom stereocenters. The minimum atomic E-state index is -4.49. The number of amides is 1. The van der Waals surface area contributed by atoms with Crippen molar-refractivity contribution in [3.63, 3.8) is 0 Å². The molecule has 9 heteroatoms. The molecule has 162 valence electrons. The van der Waals surface area contributed by atoms with Gasteiger partial charge >= 0.3 is 6.18 Å². The van der Waals surface area contributed by atoms with E-state index in [-0.39, 0.29) is 24.3 Å². The molecule has 2 N–H and O–H groups in total. The molecule has 1 amide bonds. The van der Waals surface area contributed by atoms with E-state index in [0.717, 1.165) is 10.2 Å². The summed E-state index contributed by atoms with van der Waals surface area (Å²) in [5.41, 5.74) is 1.62. The van der Waals surface area contributed by atoms with E-state index in [2.05, 4.69) is 15.7 Å². The molecule has 4 rings (SSSR count). The molecule has 2 heterocycles. The number of ether oxygens (including phenoxy) is 1. The molecule has 0 radical (unpaired) electrons. The number of fused-ring (bicyclic) bond motifs is 1. The Bertz CT molecular complexity index is 1050. The Hall–Kier alpha value is -3.49. The zero-order valence-corrected chi connectivity index (χ0v) is 16.7. The number of hydrogen-bond acceptors (Lipinski definition) is 4. The third-order valence-electron chi connectivity index (χ3n) is 5.30. The lowest BCUT2D eigenvalue weighted by Gasteiger charge is -2.34.